The Labute approximate surface area is 204 Å². The van der Waals surface area contributed by atoms with Crippen molar-refractivity contribution in [3.05, 3.63) is 72.2 Å². The summed E-state index contributed by atoms with van der Waals surface area (Å²) in [4.78, 5) is 5.20. The molecule has 3 nitrogen and oxygen atoms in total. The molecule has 1 aliphatic heterocycles. The Hall–Kier alpha value is -1.97. The van der Waals surface area contributed by atoms with E-state index in [-0.39, 0.29) is 10.8 Å². The van der Waals surface area contributed by atoms with Crippen molar-refractivity contribution >= 4 is 5.84 Å². The highest BCUT2D eigenvalue weighted by Crippen LogP contribution is 2.58. The summed E-state index contributed by atoms with van der Waals surface area (Å²) >= 11 is 0. The molecule has 2 rings (SSSR count). The van der Waals surface area contributed by atoms with Gasteiger partial charge in [-0.1, -0.05) is 61.6 Å². The van der Waals surface area contributed by atoms with Crippen molar-refractivity contribution in [3.63, 3.8) is 0 Å². The van der Waals surface area contributed by atoms with Crippen molar-refractivity contribution in [2.24, 2.45) is 21.7 Å². The lowest BCUT2D eigenvalue weighted by Gasteiger charge is -2.45. The van der Waals surface area contributed by atoms with Crippen molar-refractivity contribution in [2.75, 3.05) is 13.6 Å². The summed E-state index contributed by atoms with van der Waals surface area (Å²) < 4.78 is 0.599. The van der Waals surface area contributed by atoms with E-state index in [2.05, 4.69) is 110 Å². The second-order valence-electron chi connectivity index (χ2n) is 10.1. The Bertz CT molecular complexity index is 880. The molecule has 3 atom stereocenters. The third-order valence-electron chi connectivity index (χ3n) is 7.88. The van der Waals surface area contributed by atoms with Crippen LogP contribution in [0, 0.1) is 16.7 Å². The zero-order valence-corrected chi connectivity index (χ0v) is 22.5. The van der Waals surface area contributed by atoms with E-state index in [1.165, 1.54) is 35.5 Å². The number of hydrogen-bond acceptors (Lipinski definition) is 2. The van der Waals surface area contributed by atoms with Gasteiger partial charge in [0, 0.05) is 6.54 Å². The lowest BCUT2D eigenvalue weighted by molar-refractivity contribution is -0.836. The zero-order chi connectivity index (χ0) is 24.7. The minimum atomic E-state index is -0.0620. The lowest BCUT2D eigenvalue weighted by atomic mass is 9.72. The summed E-state index contributed by atoms with van der Waals surface area (Å²) in [7, 11) is 2.32. The molecule has 1 fully saturated rings. The topological polar surface area (TPSA) is 24.4 Å². The minimum absolute atomic E-state index is 0.0557. The number of rotatable bonds is 13. The number of aliphatic imine (C=N–C) groups is 1. The molecule has 1 heterocycles. The number of allylic oxidation sites excluding steroid dienone is 9. The second-order valence-corrected chi connectivity index (χ2v) is 10.1. The van der Waals surface area contributed by atoms with Gasteiger partial charge in [0.1, 0.15) is 0 Å². The van der Waals surface area contributed by atoms with Gasteiger partial charge in [0.05, 0.1) is 24.1 Å². The number of nitrogens with one attached hydrogen (secondary N) is 1. The van der Waals surface area contributed by atoms with Gasteiger partial charge in [-0.05, 0) is 85.1 Å². The van der Waals surface area contributed by atoms with Gasteiger partial charge in [-0.2, -0.15) is 10.0 Å². The molecule has 1 aliphatic carbocycles. The molecule has 0 saturated heterocycles. The van der Waals surface area contributed by atoms with E-state index in [0.717, 1.165) is 25.8 Å². The highest BCUT2D eigenvalue weighted by atomic mass is 15.7. The number of quaternary nitrogens is 1. The van der Waals surface area contributed by atoms with Crippen molar-refractivity contribution in [3.8, 4) is 0 Å². The third-order valence-corrected chi connectivity index (χ3v) is 7.88. The van der Waals surface area contributed by atoms with Crippen LogP contribution in [0.2, 0.25) is 0 Å². The van der Waals surface area contributed by atoms with Gasteiger partial charge >= 0.3 is 0 Å². The molecule has 182 valence electrons. The first-order valence-corrected chi connectivity index (χ1v) is 12.9. The average molecular weight is 451 g/mol. The quantitative estimate of drug-likeness (QED) is 0.171. The van der Waals surface area contributed by atoms with Gasteiger partial charge in [-0.3, -0.25) is 0 Å². The van der Waals surface area contributed by atoms with Crippen molar-refractivity contribution < 1.29 is 4.59 Å². The van der Waals surface area contributed by atoms with Crippen LogP contribution in [0.25, 0.3) is 0 Å². The molecule has 0 amide bonds. The van der Waals surface area contributed by atoms with E-state index >= 15 is 0 Å². The number of hydrogen-bond donors (Lipinski definition) is 1. The summed E-state index contributed by atoms with van der Waals surface area (Å²) in [6.07, 6.45) is 23.2. The predicted octanol–water partition coefficient (Wildman–Crippen LogP) is 8.03. The number of amidine groups is 1. The van der Waals surface area contributed by atoms with Gasteiger partial charge < -0.3 is 0 Å². The molecule has 3 heteroatoms. The van der Waals surface area contributed by atoms with Gasteiger partial charge in [0.2, 0.25) is 5.84 Å². The Morgan fingerprint density at radius 3 is 2.36 bits per heavy atom. The molecule has 1 saturated carbocycles. The van der Waals surface area contributed by atoms with Crippen LogP contribution in [0.15, 0.2) is 77.1 Å². The van der Waals surface area contributed by atoms with E-state index in [1.54, 1.807) is 0 Å². The van der Waals surface area contributed by atoms with Crippen LogP contribution in [0.1, 0.15) is 80.6 Å². The summed E-state index contributed by atoms with van der Waals surface area (Å²) in [5, 5.41) is 0. The van der Waals surface area contributed by atoms with Crippen LogP contribution in [-0.4, -0.2) is 24.0 Å². The fraction of sp³-hybridized carbons (Fsp3) is 0.567. The largest absolute Gasteiger partial charge is 0.233 e. The van der Waals surface area contributed by atoms with Crippen LogP contribution < -0.4 is 5.43 Å². The summed E-state index contributed by atoms with van der Waals surface area (Å²) in [6, 6.07) is 0. The maximum absolute atomic E-state index is 5.20. The molecule has 3 unspecified atom stereocenters. The first-order chi connectivity index (χ1) is 15.7. The summed E-state index contributed by atoms with van der Waals surface area (Å²) in [6.45, 7) is 20.6. The molecule has 0 bridgehead atoms. The fourth-order valence-electron chi connectivity index (χ4n) is 5.57. The Balaban J connectivity index is 2.55. The van der Waals surface area contributed by atoms with Crippen molar-refractivity contribution in [1.29, 1.82) is 0 Å². The lowest BCUT2D eigenvalue weighted by Crippen LogP contribution is -2.63. The van der Waals surface area contributed by atoms with Crippen molar-refractivity contribution in [1.82, 2.24) is 5.43 Å². The Morgan fingerprint density at radius 1 is 1.18 bits per heavy atom. The monoisotopic (exact) mass is 450 g/mol. The molecule has 0 aromatic heterocycles. The molecular weight excluding hydrogens is 402 g/mol. The van der Waals surface area contributed by atoms with Gasteiger partial charge in [0.25, 0.3) is 0 Å². The Kier molecular flexibility index (Phi) is 9.46. The van der Waals surface area contributed by atoms with Gasteiger partial charge in [-0.25, -0.2) is 4.99 Å². The molecule has 0 aromatic carbocycles. The zero-order valence-electron chi connectivity index (χ0n) is 22.5. The highest BCUT2D eigenvalue weighted by molar-refractivity contribution is 5.85. The maximum atomic E-state index is 5.20. The second kappa shape index (κ2) is 11.4. The highest BCUT2D eigenvalue weighted by Gasteiger charge is 2.58. The molecule has 0 radical (unpaired) electrons. The summed E-state index contributed by atoms with van der Waals surface area (Å²) in [5.74, 6) is 1.86. The van der Waals surface area contributed by atoms with E-state index in [4.69, 9.17) is 4.99 Å². The van der Waals surface area contributed by atoms with Crippen LogP contribution in [0.4, 0.5) is 0 Å². The predicted molar refractivity (Wildman–Crippen MR) is 146 cm³/mol. The third kappa shape index (κ3) is 5.41. The molecular formula is C30H48N3+. The Morgan fingerprint density at radius 2 is 1.88 bits per heavy atom. The van der Waals surface area contributed by atoms with E-state index in [1.807, 2.05) is 6.08 Å². The standard InChI is InChI=1S/C30H48N3/c1-10-16-17-18-19-25(13-4)30(8,26-20-21-26)27-23-31-28(33(27,9)32-15-6)29(7,14-5)22-24(11-2)12-3/h10-13,16,18-19,23,26,32H,2,14-15,17,20-22H2,1,3-9H3/q+1. The van der Waals surface area contributed by atoms with Crippen LogP contribution in [-0.2, 0) is 0 Å². The van der Waals surface area contributed by atoms with E-state index in [0.29, 0.717) is 10.5 Å². The first kappa shape index (κ1) is 27.3. The normalized spacial score (nSPS) is 25.8. The van der Waals surface area contributed by atoms with Gasteiger partial charge in [0.15, 0.2) is 5.70 Å². The van der Waals surface area contributed by atoms with Gasteiger partial charge in [-0.15, -0.1) is 0 Å². The van der Waals surface area contributed by atoms with E-state index in [9.17, 15) is 0 Å². The molecule has 0 spiro atoms. The van der Waals surface area contributed by atoms with Crippen LogP contribution in [0.3, 0.4) is 0 Å². The average Bonchev–Trinajstić information content (AvgIpc) is 3.60. The SMILES string of the molecule is C=CC(=CC)CC(C)(CC)C1=NC=C(C(C)(C(C=CCC=CC)=CC)C2CC2)[N+]1(C)NCC. The molecule has 33 heavy (non-hydrogen) atoms. The van der Waals surface area contributed by atoms with E-state index < -0.39 is 0 Å². The molecule has 0 aromatic rings. The van der Waals surface area contributed by atoms with Crippen molar-refractivity contribution in [2.45, 2.75) is 80.6 Å². The summed E-state index contributed by atoms with van der Waals surface area (Å²) in [5.41, 5.74) is 7.78. The minimum Gasteiger partial charge on any atom is -0.200 e. The maximum Gasteiger partial charge on any atom is 0.233 e. The van der Waals surface area contributed by atoms with Crippen LogP contribution in [0.5, 0.6) is 0 Å². The van der Waals surface area contributed by atoms with Crippen LogP contribution >= 0.6 is 0 Å². The first-order valence-electron chi connectivity index (χ1n) is 12.9. The number of nitrogens with zero attached hydrogens (tertiary/aromatic N) is 2. The fourth-order valence-corrected chi connectivity index (χ4v) is 5.57. The smallest absolute Gasteiger partial charge is 0.200 e. The molecule has 1 N–H and O–H groups in total. The molecule has 2 aliphatic rings.